The quantitative estimate of drug-likeness (QED) is 0.581. The number of aromatic nitrogens is 2. The number of carbonyl (C=O) groups excluding carboxylic acids is 1. The number of ether oxygens (including phenoxy) is 1. The molecule has 0 radical (unpaired) electrons. The number of nitrogens with zero attached hydrogens (tertiary/aromatic N) is 4. The van der Waals surface area contributed by atoms with Crippen molar-refractivity contribution in [2.75, 3.05) is 63.6 Å². The van der Waals surface area contributed by atoms with Crippen LogP contribution < -0.4 is 10.2 Å². The molecule has 0 saturated carbocycles. The van der Waals surface area contributed by atoms with Crippen molar-refractivity contribution in [2.45, 2.75) is 18.0 Å². The topological polar surface area (TPSA) is 70.6 Å². The van der Waals surface area contributed by atoms with Crippen molar-refractivity contribution in [3.05, 3.63) is 10.9 Å². The molecule has 2 aliphatic heterocycles. The lowest BCUT2D eigenvalue weighted by molar-refractivity contribution is 0.0383. The number of carbonyl (C=O) groups is 1. The maximum absolute atomic E-state index is 12.6. The van der Waals surface area contributed by atoms with Crippen LogP contribution in [0.25, 0.3) is 10.2 Å². The molecule has 0 aliphatic carbocycles. The van der Waals surface area contributed by atoms with Crippen LogP contribution in [-0.2, 0) is 4.74 Å². The second kappa shape index (κ2) is 8.72. The van der Waals surface area contributed by atoms with E-state index in [0.29, 0.717) is 11.4 Å². The number of hydrogen-bond acceptors (Lipinski definition) is 8. The highest BCUT2D eigenvalue weighted by Crippen LogP contribution is 2.34. The third kappa shape index (κ3) is 4.37. The first-order chi connectivity index (χ1) is 13.2. The molecule has 1 amide bonds. The molecule has 0 spiro atoms. The number of rotatable bonds is 6. The first-order valence-corrected chi connectivity index (χ1v) is 11.5. The minimum Gasteiger partial charge on any atom is -0.379 e. The second-order valence-electron chi connectivity index (χ2n) is 6.77. The summed E-state index contributed by atoms with van der Waals surface area (Å²) in [5, 5.41) is 4.81. The Hall–Kier alpha value is -1.42. The molecule has 2 aromatic heterocycles. The van der Waals surface area contributed by atoms with Gasteiger partial charge in [0.15, 0.2) is 5.16 Å². The van der Waals surface area contributed by atoms with Gasteiger partial charge in [-0.1, -0.05) is 11.8 Å². The van der Waals surface area contributed by atoms with Crippen molar-refractivity contribution in [1.82, 2.24) is 20.2 Å². The van der Waals surface area contributed by atoms with Gasteiger partial charge in [-0.2, -0.15) is 0 Å². The molecule has 9 heteroatoms. The lowest BCUT2D eigenvalue weighted by Crippen LogP contribution is -2.41. The number of thiophene rings is 1. The minimum absolute atomic E-state index is 0.0238. The van der Waals surface area contributed by atoms with E-state index in [1.165, 1.54) is 24.2 Å². The lowest BCUT2D eigenvalue weighted by atomic mass is 10.3. The summed E-state index contributed by atoms with van der Waals surface area (Å²) in [4.78, 5) is 28.2. The Morgan fingerprint density at radius 1 is 1.26 bits per heavy atom. The summed E-state index contributed by atoms with van der Waals surface area (Å²) in [5.41, 5.74) is 0. The SMILES string of the molecule is CSc1nc(N2CCCC2)c2cc(C(=O)NCCN3CCOCC3)sc2n1. The normalized spacial score (nSPS) is 18.3. The van der Waals surface area contributed by atoms with E-state index in [-0.39, 0.29) is 5.91 Å². The van der Waals surface area contributed by atoms with E-state index in [9.17, 15) is 4.79 Å². The van der Waals surface area contributed by atoms with Crippen LogP contribution in [0.4, 0.5) is 5.82 Å². The Bertz CT molecular complexity index is 800. The summed E-state index contributed by atoms with van der Waals surface area (Å²) in [6.45, 7) is 6.98. The van der Waals surface area contributed by atoms with Gasteiger partial charge in [-0.15, -0.1) is 11.3 Å². The Kier molecular flexibility index (Phi) is 6.11. The summed E-state index contributed by atoms with van der Waals surface area (Å²) in [7, 11) is 0. The summed E-state index contributed by atoms with van der Waals surface area (Å²) >= 11 is 3.00. The van der Waals surface area contributed by atoms with Crippen molar-refractivity contribution in [3.63, 3.8) is 0 Å². The summed E-state index contributed by atoms with van der Waals surface area (Å²) in [5.74, 6) is 0.954. The first kappa shape index (κ1) is 18.9. The highest BCUT2D eigenvalue weighted by atomic mass is 32.2. The maximum atomic E-state index is 12.6. The van der Waals surface area contributed by atoms with Crippen LogP contribution in [0, 0.1) is 0 Å². The second-order valence-corrected chi connectivity index (χ2v) is 8.57. The van der Waals surface area contributed by atoms with Gasteiger partial charge in [0, 0.05) is 39.3 Å². The fourth-order valence-electron chi connectivity index (χ4n) is 3.50. The predicted molar refractivity (Wildman–Crippen MR) is 110 cm³/mol. The van der Waals surface area contributed by atoms with Crippen LogP contribution in [0.3, 0.4) is 0 Å². The summed E-state index contributed by atoms with van der Waals surface area (Å²) in [6.07, 6.45) is 4.38. The number of nitrogens with one attached hydrogen (secondary N) is 1. The Morgan fingerprint density at radius 2 is 2.04 bits per heavy atom. The molecule has 0 aromatic carbocycles. The van der Waals surface area contributed by atoms with Crippen LogP contribution in [-0.4, -0.2) is 79.5 Å². The molecule has 2 aliphatic rings. The predicted octanol–water partition coefficient (Wildman–Crippen LogP) is 2.08. The van der Waals surface area contributed by atoms with Crippen molar-refractivity contribution < 1.29 is 9.53 Å². The number of fused-ring (bicyclic) bond motifs is 1. The molecular formula is C18H25N5O2S2. The van der Waals surface area contributed by atoms with Crippen molar-refractivity contribution in [1.29, 1.82) is 0 Å². The molecule has 7 nitrogen and oxygen atoms in total. The molecule has 2 aromatic rings. The lowest BCUT2D eigenvalue weighted by Gasteiger charge is -2.26. The van der Waals surface area contributed by atoms with Crippen molar-refractivity contribution in [3.8, 4) is 0 Å². The highest BCUT2D eigenvalue weighted by molar-refractivity contribution is 7.98. The standard InChI is InChI=1S/C18H25N5O2S2/c1-26-18-20-15(23-5-2-3-6-23)13-12-14(27-17(13)21-18)16(24)19-4-7-22-8-10-25-11-9-22/h12H,2-11H2,1H3,(H,19,24). The van der Waals surface area contributed by atoms with Crippen molar-refractivity contribution >= 4 is 45.0 Å². The first-order valence-electron chi connectivity index (χ1n) is 9.43. The highest BCUT2D eigenvalue weighted by Gasteiger charge is 2.21. The molecule has 2 fully saturated rings. The van der Waals surface area contributed by atoms with Crippen LogP contribution >= 0.6 is 23.1 Å². The molecule has 27 heavy (non-hydrogen) atoms. The van der Waals surface area contributed by atoms with Gasteiger partial charge >= 0.3 is 0 Å². The van der Waals surface area contributed by atoms with Gasteiger partial charge in [0.1, 0.15) is 10.6 Å². The largest absolute Gasteiger partial charge is 0.379 e. The number of morpholine rings is 1. The number of amides is 1. The number of hydrogen-bond donors (Lipinski definition) is 1. The Morgan fingerprint density at radius 3 is 2.78 bits per heavy atom. The molecule has 2 saturated heterocycles. The van der Waals surface area contributed by atoms with Gasteiger partial charge in [-0.25, -0.2) is 9.97 Å². The van der Waals surface area contributed by atoms with Crippen LogP contribution in [0.1, 0.15) is 22.5 Å². The zero-order chi connectivity index (χ0) is 18.6. The molecule has 0 unspecified atom stereocenters. The minimum atomic E-state index is -0.0238. The molecule has 4 heterocycles. The van der Waals surface area contributed by atoms with Crippen LogP contribution in [0.15, 0.2) is 11.2 Å². The maximum Gasteiger partial charge on any atom is 0.261 e. The third-order valence-corrected chi connectivity index (χ3v) is 6.56. The van der Waals surface area contributed by atoms with Gasteiger partial charge in [0.2, 0.25) is 0 Å². The molecule has 0 atom stereocenters. The van der Waals surface area contributed by atoms with E-state index >= 15 is 0 Å². The van der Waals surface area contributed by atoms with E-state index in [4.69, 9.17) is 9.72 Å². The van der Waals surface area contributed by atoms with Gasteiger partial charge < -0.3 is 15.0 Å². The Balaban J connectivity index is 1.48. The zero-order valence-corrected chi connectivity index (χ0v) is 17.2. The molecule has 146 valence electrons. The zero-order valence-electron chi connectivity index (χ0n) is 15.6. The van der Waals surface area contributed by atoms with E-state index in [0.717, 1.165) is 67.1 Å². The average Bonchev–Trinajstić information content (AvgIpc) is 3.37. The van der Waals surface area contributed by atoms with Gasteiger partial charge in [0.05, 0.1) is 23.5 Å². The number of anilines is 1. The monoisotopic (exact) mass is 407 g/mol. The summed E-state index contributed by atoms with van der Waals surface area (Å²) < 4.78 is 5.36. The fraction of sp³-hybridized carbons (Fsp3) is 0.611. The Labute approximate surface area is 167 Å². The van der Waals surface area contributed by atoms with Gasteiger partial charge in [-0.3, -0.25) is 9.69 Å². The fourth-order valence-corrected chi connectivity index (χ4v) is 4.86. The van der Waals surface area contributed by atoms with Gasteiger partial charge in [-0.05, 0) is 25.2 Å². The van der Waals surface area contributed by atoms with Crippen LogP contribution in [0.2, 0.25) is 0 Å². The summed E-state index contributed by atoms with van der Waals surface area (Å²) in [6, 6.07) is 1.96. The van der Waals surface area contributed by atoms with E-state index < -0.39 is 0 Å². The molecule has 1 N–H and O–H groups in total. The third-order valence-electron chi connectivity index (χ3n) is 4.98. The smallest absolute Gasteiger partial charge is 0.261 e. The average molecular weight is 408 g/mol. The van der Waals surface area contributed by atoms with Crippen LogP contribution in [0.5, 0.6) is 0 Å². The molecule has 0 bridgehead atoms. The van der Waals surface area contributed by atoms with E-state index in [1.54, 1.807) is 11.8 Å². The molecular weight excluding hydrogens is 382 g/mol. The van der Waals surface area contributed by atoms with E-state index in [2.05, 4.69) is 20.1 Å². The van der Waals surface area contributed by atoms with E-state index in [1.807, 2.05) is 12.3 Å². The molecule has 4 rings (SSSR count). The van der Waals surface area contributed by atoms with Gasteiger partial charge in [0.25, 0.3) is 5.91 Å². The van der Waals surface area contributed by atoms with Crippen molar-refractivity contribution in [2.24, 2.45) is 0 Å². The number of thioether (sulfide) groups is 1.